The molecule has 0 radical (unpaired) electrons. The average Bonchev–Trinajstić information content (AvgIpc) is 2.83. The van der Waals surface area contributed by atoms with Gasteiger partial charge in [-0.15, -0.1) is 0 Å². The molecule has 0 spiro atoms. The lowest BCUT2D eigenvalue weighted by Gasteiger charge is -2.31. The van der Waals surface area contributed by atoms with Crippen LogP contribution in [0.15, 0.2) is 24.3 Å². The van der Waals surface area contributed by atoms with Gasteiger partial charge in [-0.05, 0) is 55.6 Å². The van der Waals surface area contributed by atoms with Crippen molar-refractivity contribution in [3.63, 3.8) is 0 Å². The summed E-state index contributed by atoms with van der Waals surface area (Å²) < 4.78 is 0. The Morgan fingerprint density at radius 3 is 2.16 bits per heavy atom. The highest BCUT2D eigenvalue weighted by molar-refractivity contribution is 5.33. The molecule has 2 aliphatic rings. The van der Waals surface area contributed by atoms with Crippen LogP contribution in [0.1, 0.15) is 56.6 Å². The molecule has 0 heterocycles. The highest BCUT2D eigenvalue weighted by Gasteiger charge is 2.26. The van der Waals surface area contributed by atoms with Gasteiger partial charge in [-0.3, -0.25) is 0 Å². The van der Waals surface area contributed by atoms with E-state index in [-0.39, 0.29) is 0 Å². The van der Waals surface area contributed by atoms with Crippen LogP contribution in [0, 0.1) is 5.92 Å². The third-order valence-corrected chi connectivity index (χ3v) is 5.07. The number of benzene rings is 1. The zero-order valence-electron chi connectivity index (χ0n) is 12.2. The average molecular weight is 257 g/mol. The predicted molar refractivity (Wildman–Crippen MR) is 81.4 cm³/mol. The van der Waals surface area contributed by atoms with Gasteiger partial charge in [0.05, 0.1) is 0 Å². The molecule has 1 heteroatoms. The van der Waals surface area contributed by atoms with Crippen molar-refractivity contribution >= 4 is 0 Å². The minimum Gasteiger partial charge on any atom is -0.311 e. The first-order valence-electron chi connectivity index (χ1n) is 8.18. The Kier molecular flexibility index (Phi) is 4.22. The van der Waals surface area contributed by atoms with Gasteiger partial charge in [0.15, 0.2) is 0 Å². The summed E-state index contributed by atoms with van der Waals surface area (Å²) in [6.45, 7) is 2.32. The second kappa shape index (κ2) is 6.09. The number of nitrogens with one attached hydrogen (secondary N) is 1. The maximum atomic E-state index is 3.93. The van der Waals surface area contributed by atoms with Crippen LogP contribution in [0.25, 0.3) is 0 Å². The largest absolute Gasteiger partial charge is 0.311 e. The first-order valence-corrected chi connectivity index (χ1v) is 8.18. The monoisotopic (exact) mass is 257 g/mol. The second-order valence-corrected chi connectivity index (χ2v) is 6.55. The fourth-order valence-electron chi connectivity index (χ4n) is 4.04. The van der Waals surface area contributed by atoms with Crippen molar-refractivity contribution in [3.8, 4) is 0 Å². The van der Waals surface area contributed by atoms with Gasteiger partial charge < -0.3 is 5.32 Å². The predicted octanol–water partition coefficient (Wildman–Crippen LogP) is 4.10. The number of fused-ring (bicyclic) bond motifs is 1. The summed E-state index contributed by atoms with van der Waals surface area (Å²) in [4.78, 5) is 0. The molecule has 0 saturated heterocycles. The minimum absolute atomic E-state index is 0.699. The lowest BCUT2D eigenvalue weighted by molar-refractivity contribution is 0.264. The minimum atomic E-state index is 0.699. The third-order valence-electron chi connectivity index (χ3n) is 5.07. The molecule has 1 aromatic rings. The summed E-state index contributed by atoms with van der Waals surface area (Å²) >= 11 is 0. The SMILES string of the molecule is CCCC1CCC(NC2Cc3ccccc3C2)CC1. The van der Waals surface area contributed by atoms with Crippen LogP contribution < -0.4 is 5.32 Å². The van der Waals surface area contributed by atoms with Crippen LogP contribution in [0.4, 0.5) is 0 Å². The molecular formula is C18H27N. The molecule has 0 atom stereocenters. The molecule has 1 nitrogen and oxygen atoms in total. The van der Waals surface area contributed by atoms with Crippen molar-refractivity contribution in [1.29, 1.82) is 0 Å². The van der Waals surface area contributed by atoms with E-state index in [1.54, 1.807) is 11.1 Å². The Balaban J connectivity index is 1.47. The van der Waals surface area contributed by atoms with Crippen LogP contribution in [-0.4, -0.2) is 12.1 Å². The van der Waals surface area contributed by atoms with Gasteiger partial charge in [0, 0.05) is 12.1 Å². The van der Waals surface area contributed by atoms with Crippen LogP contribution in [0.5, 0.6) is 0 Å². The lowest BCUT2D eigenvalue weighted by atomic mass is 9.83. The van der Waals surface area contributed by atoms with Crippen molar-refractivity contribution in [2.75, 3.05) is 0 Å². The fraction of sp³-hybridized carbons (Fsp3) is 0.667. The molecule has 2 aliphatic carbocycles. The van der Waals surface area contributed by atoms with Gasteiger partial charge in [-0.1, -0.05) is 44.0 Å². The Bertz CT molecular complexity index is 379. The second-order valence-electron chi connectivity index (χ2n) is 6.55. The lowest BCUT2D eigenvalue weighted by Crippen LogP contribution is -2.41. The summed E-state index contributed by atoms with van der Waals surface area (Å²) in [5.41, 5.74) is 3.14. The van der Waals surface area contributed by atoms with Crippen LogP contribution in [-0.2, 0) is 12.8 Å². The molecule has 19 heavy (non-hydrogen) atoms. The van der Waals surface area contributed by atoms with Crippen molar-refractivity contribution in [1.82, 2.24) is 5.32 Å². The fourth-order valence-corrected chi connectivity index (χ4v) is 4.04. The molecule has 1 N–H and O–H groups in total. The van der Waals surface area contributed by atoms with E-state index in [4.69, 9.17) is 0 Å². The summed E-state index contributed by atoms with van der Waals surface area (Å²) in [7, 11) is 0. The molecule has 1 aromatic carbocycles. The van der Waals surface area contributed by atoms with Crippen LogP contribution in [0.2, 0.25) is 0 Å². The molecule has 1 fully saturated rings. The van der Waals surface area contributed by atoms with Crippen molar-refractivity contribution < 1.29 is 0 Å². The molecule has 0 aromatic heterocycles. The zero-order valence-corrected chi connectivity index (χ0v) is 12.2. The highest BCUT2D eigenvalue weighted by Crippen LogP contribution is 2.29. The van der Waals surface area contributed by atoms with Gasteiger partial charge in [0.25, 0.3) is 0 Å². The van der Waals surface area contributed by atoms with Crippen LogP contribution in [0.3, 0.4) is 0 Å². The van der Waals surface area contributed by atoms with Crippen molar-refractivity contribution in [2.24, 2.45) is 5.92 Å². The van der Waals surface area contributed by atoms with Gasteiger partial charge in [-0.2, -0.15) is 0 Å². The van der Waals surface area contributed by atoms with E-state index >= 15 is 0 Å². The van der Waals surface area contributed by atoms with Crippen LogP contribution >= 0.6 is 0 Å². The Labute approximate surface area is 117 Å². The van der Waals surface area contributed by atoms with Gasteiger partial charge >= 0.3 is 0 Å². The van der Waals surface area contributed by atoms with Gasteiger partial charge in [0.2, 0.25) is 0 Å². The van der Waals surface area contributed by atoms with E-state index in [1.165, 1.54) is 51.4 Å². The molecule has 104 valence electrons. The molecule has 0 unspecified atom stereocenters. The smallest absolute Gasteiger partial charge is 0.0151 e. The van der Waals surface area contributed by atoms with E-state index in [1.807, 2.05) is 0 Å². The quantitative estimate of drug-likeness (QED) is 0.856. The molecule has 0 amide bonds. The summed E-state index contributed by atoms with van der Waals surface area (Å²) in [5, 5.41) is 3.93. The summed E-state index contributed by atoms with van der Waals surface area (Å²) in [6, 6.07) is 10.4. The van der Waals surface area contributed by atoms with E-state index < -0.39 is 0 Å². The first-order chi connectivity index (χ1) is 9.35. The zero-order chi connectivity index (χ0) is 13.1. The molecule has 1 saturated carbocycles. The van der Waals surface area contributed by atoms with Crippen molar-refractivity contribution in [2.45, 2.75) is 70.4 Å². The van der Waals surface area contributed by atoms with Gasteiger partial charge in [-0.25, -0.2) is 0 Å². The van der Waals surface area contributed by atoms with E-state index in [9.17, 15) is 0 Å². The standard InChI is InChI=1S/C18H27N/c1-2-5-14-8-10-17(11-9-14)19-18-12-15-6-3-4-7-16(15)13-18/h3-4,6-7,14,17-19H,2,5,8-13H2,1H3. The Hall–Kier alpha value is -0.820. The van der Waals surface area contributed by atoms with E-state index in [0.29, 0.717) is 6.04 Å². The molecular weight excluding hydrogens is 230 g/mol. The number of rotatable bonds is 4. The first kappa shape index (κ1) is 13.2. The topological polar surface area (TPSA) is 12.0 Å². The summed E-state index contributed by atoms with van der Waals surface area (Å²) in [5.74, 6) is 1.02. The Morgan fingerprint density at radius 2 is 1.58 bits per heavy atom. The third kappa shape index (κ3) is 3.20. The van der Waals surface area contributed by atoms with E-state index in [2.05, 4.69) is 36.5 Å². The molecule has 0 aliphatic heterocycles. The maximum Gasteiger partial charge on any atom is 0.0151 e. The van der Waals surface area contributed by atoms with Crippen molar-refractivity contribution in [3.05, 3.63) is 35.4 Å². The van der Waals surface area contributed by atoms with Gasteiger partial charge in [0.1, 0.15) is 0 Å². The normalized spacial score (nSPS) is 27.4. The van der Waals surface area contributed by atoms with E-state index in [0.717, 1.165) is 12.0 Å². The highest BCUT2D eigenvalue weighted by atomic mass is 15.0. The number of hydrogen-bond acceptors (Lipinski definition) is 1. The number of hydrogen-bond donors (Lipinski definition) is 1. The maximum absolute atomic E-state index is 3.93. The summed E-state index contributed by atoms with van der Waals surface area (Å²) in [6.07, 6.45) is 11.0. The molecule has 0 bridgehead atoms. The molecule has 3 rings (SSSR count). The Morgan fingerprint density at radius 1 is 0.947 bits per heavy atom.